The predicted octanol–water partition coefficient (Wildman–Crippen LogP) is 3.03. The molecule has 2 nitrogen and oxygen atoms in total. The predicted molar refractivity (Wildman–Crippen MR) is 71.6 cm³/mol. The number of halogens is 1. The normalized spacial score (nSPS) is 22.9. The minimum Gasteiger partial charge on any atom is -0.372 e. The Bertz CT molecular complexity index is 468. The summed E-state index contributed by atoms with van der Waals surface area (Å²) in [7, 11) is 0. The third-order valence-corrected chi connectivity index (χ3v) is 3.98. The number of hydrogen-bond donors (Lipinski definition) is 1. The number of aliphatic imine (C=N–C) groups is 1. The van der Waals surface area contributed by atoms with Crippen molar-refractivity contribution in [2.24, 2.45) is 4.99 Å². The monoisotopic (exact) mass is 246 g/mol. The molecule has 1 atom stereocenters. The van der Waals surface area contributed by atoms with Gasteiger partial charge >= 0.3 is 0 Å². The Hall–Kier alpha value is -1.38. The average molecular weight is 246 g/mol. The molecule has 96 valence electrons. The Balaban J connectivity index is 1.90. The minimum absolute atomic E-state index is 0.0296. The first kappa shape index (κ1) is 11.7. The second kappa shape index (κ2) is 5.09. The van der Waals surface area contributed by atoms with Crippen LogP contribution in [-0.4, -0.2) is 18.9 Å². The van der Waals surface area contributed by atoms with E-state index in [0.717, 1.165) is 43.8 Å². The smallest absolute Gasteiger partial charge is 0.126 e. The number of fused-ring (bicyclic) bond motifs is 1. The van der Waals surface area contributed by atoms with E-state index in [4.69, 9.17) is 0 Å². The maximum Gasteiger partial charge on any atom is 0.126 e. The van der Waals surface area contributed by atoms with Gasteiger partial charge in [0, 0.05) is 13.0 Å². The molecule has 3 rings (SSSR count). The van der Waals surface area contributed by atoms with Crippen LogP contribution >= 0.6 is 0 Å². The zero-order chi connectivity index (χ0) is 12.4. The summed E-state index contributed by atoms with van der Waals surface area (Å²) in [6.07, 6.45) is 5.32. The number of rotatable bonds is 2. The van der Waals surface area contributed by atoms with Gasteiger partial charge in [0.05, 0.1) is 12.4 Å². The molecule has 1 aliphatic heterocycles. The molecular formula is C15H19FN2. The number of benzene rings is 1. The largest absolute Gasteiger partial charge is 0.372 e. The van der Waals surface area contributed by atoms with Crippen LogP contribution in [0.5, 0.6) is 0 Å². The van der Waals surface area contributed by atoms with E-state index in [1.165, 1.54) is 18.4 Å². The zero-order valence-corrected chi connectivity index (χ0v) is 10.6. The molecule has 0 radical (unpaired) electrons. The molecule has 0 saturated carbocycles. The van der Waals surface area contributed by atoms with Gasteiger partial charge in [0.1, 0.15) is 5.82 Å². The van der Waals surface area contributed by atoms with E-state index in [9.17, 15) is 4.39 Å². The van der Waals surface area contributed by atoms with Crippen LogP contribution in [0.4, 0.5) is 4.39 Å². The van der Waals surface area contributed by atoms with Crippen molar-refractivity contribution in [3.63, 3.8) is 0 Å². The highest BCUT2D eigenvalue weighted by Gasteiger charge is 2.24. The summed E-state index contributed by atoms with van der Waals surface area (Å²) in [5, 5.41) is 3.30. The molecule has 1 aromatic carbocycles. The maximum atomic E-state index is 14.1. The lowest BCUT2D eigenvalue weighted by Gasteiger charge is -2.18. The van der Waals surface area contributed by atoms with Gasteiger partial charge in [-0.25, -0.2) is 4.39 Å². The molecule has 0 saturated heterocycles. The van der Waals surface area contributed by atoms with Crippen molar-refractivity contribution >= 4 is 5.84 Å². The molecule has 0 bridgehead atoms. The summed E-state index contributed by atoms with van der Waals surface area (Å²) in [5.41, 5.74) is 2.16. The van der Waals surface area contributed by atoms with Crippen molar-refractivity contribution in [1.29, 1.82) is 0 Å². The third kappa shape index (κ3) is 2.26. The van der Waals surface area contributed by atoms with Gasteiger partial charge in [-0.05, 0) is 42.4 Å². The van der Waals surface area contributed by atoms with Gasteiger partial charge in [0.2, 0.25) is 0 Å². The van der Waals surface area contributed by atoms with E-state index >= 15 is 0 Å². The number of aryl methyl sites for hydroxylation is 1. The standard InChI is InChI=1S/C15H19FN2/c16-13-7-3-6-11-4-1-2-5-12(15(11)13)10-14-17-8-9-18-14/h3,6-7,12H,1-2,4-5,8-10H2,(H,17,18). The SMILES string of the molecule is Fc1cccc2c1C(CC1=NCCN1)CCCC2. The second-order valence-electron chi connectivity index (χ2n) is 5.21. The van der Waals surface area contributed by atoms with E-state index in [2.05, 4.69) is 16.4 Å². The quantitative estimate of drug-likeness (QED) is 0.797. The molecule has 3 heteroatoms. The highest BCUT2D eigenvalue weighted by atomic mass is 19.1. The van der Waals surface area contributed by atoms with Crippen molar-refractivity contribution < 1.29 is 4.39 Å². The van der Waals surface area contributed by atoms with Crippen molar-refractivity contribution in [2.75, 3.05) is 13.1 Å². The summed E-state index contributed by atoms with van der Waals surface area (Å²) < 4.78 is 14.1. The molecule has 1 aromatic rings. The molecule has 0 amide bonds. The van der Waals surface area contributed by atoms with Crippen LogP contribution in [0.2, 0.25) is 0 Å². The first-order valence-electron chi connectivity index (χ1n) is 6.89. The highest BCUT2D eigenvalue weighted by molar-refractivity contribution is 5.84. The molecule has 1 unspecified atom stereocenters. The fraction of sp³-hybridized carbons (Fsp3) is 0.533. The van der Waals surface area contributed by atoms with Gasteiger partial charge in [0.25, 0.3) is 0 Å². The lowest BCUT2D eigenvalue weighted by Crippen LogP contribution is -2.21. The van der Waals surface area contributed by atoms with Crippen LogP contribution in [0.15, 0.2) is 23.2 Å². The zero-order valence-electron chi connectivity index (χ0n) is 10.6. The minimum atomic E-state index is -0.0296. The summed E-state index contributed by atoms with van der Waals surface area (Å²) in [4.78, 5) is 4.45. The fourth-order valence-corrected chi connectivity index (χ4v) is 3.13. The molecule has 18 heavy (non-hydrogen) atoms. The lowest BCUT2D eigenvalue weighted by molar-refractivity contribution is 0.555. The third-order valence-electron chi connectivity index (χ3n) is 3.98. The Labute approximate surface area is 107 Å². The van der Waals surface area contributed by atoms with Crippen LogP contribution < -0.4 is 5.32 Å². The van der Waals surface area contributed by atoms with E-state index in [1.807, 2.05) is 6.07 Å². The Kier molecular flexibility index (Phi) is 3.31. The van der Waals surface area contributed by atoms with Gasteiger partial charge < -0.3 is 5.32 Å². The number of amidine groups is 1. The maximum absolute atomic E-state index is 14.1. The summed E-state index contributed by atoms with van der Waals surface area (Å²) in [6, 6.07) is 5.52. The van der Waals surface area contributed by atoms with Gasteiger partial charge in [-0.15, -0.1) is 0 Å². The molecular weight excluding hydrogens is 227 g/mol. The van der Waals surface area contributed by atoms with Gasteiger partial charge in [-0.1, -0.05) is 18.6 Å². The molecule has 1 heterocycles. The highest BCUT2D eigenvalue weighted by Crippen LogP contribution is 2.34. The fourth-order valence-electron chi connectivity index (χ4n) is 3.13. The Morgan fingerprint density at radius 1 is 1.33 bits per heavy atom. The van der Waals surface area contributed by atoms with Crippen molar-refractivity contribution in [3.8, 4) is 0 Å². The molecule has 0 spiro atoms. The molecule has 2 aliphatic rings. The second-order valence-corrected chi connectivity index (χ2v) is 5.21. The molecule has 1 aliphatic carbocycles. The summed E-state index contributed by atoms with van der Waals surface area (Å²) in [6.45, 7) is 1.80. The molecule has 0 fully saturated rings. The first-order chi connectivity index (χ1) is 8.84. The topological polar surface area (TPSA) is 24.4 Å². The van der Waals surface area contributed by atoms with Crippen LogP contribution in [0, 0.1) is 5.82 Å². The summed E-state index contributed by atoms with van der Waals surface area (Å²) >= 11 is 0. The number of nitrogens with zero attached hydrogens (tertiary/aromatic N) is 1. The summed E-state index contributed by atoms with van der Waals surface area (Å²) in [5.74, 6) is 1.34. The molecule has 1 N–H and O–H groups in total. The van der Waals surface area contributed by atoms with Crippen molar-refractivity contribution in [1.82, 2.24) is 5.32 Å². The van der Waals surface area contributed by atoms with Crippen molar-refractivity contribution in [3.05, 3.63) is 35.1 Å². The number of nitrogens with one attached hydrogen (secondary N) is 1. The Morgan fingerprint density at radius 2 is 2.28 bits per heavy atom. The van der Waals surface area contributed by atoms with E-state index in [-0.39, 0.29) is 5.82 Å². The van der Waals surface area contributed by atoms with Crippen LogP contribution in [0.3, 0.4) is 0 Å². The van der Waals surface area contributed by atoms with Gasteiger partial charge in [0.15, 0.2) is 0 Å². The molecule has 0 aromatic heterocycles. The van der Waals surface area contributed by atoms with Crippen LogP contribution in [0.25, 0.3) is 0 Å². The van der Waals surface area contributed by atoms with E-state index in [0.29, 0.717) is 5.92 Å². The van der Waals surface area contributed by atoms with Crippen LogP contribution in [-0.2, 0) is 6.42 Å². The van der Waals surface area contributed by atoms with Crippen LogP contribution in [0.1, 0.15) is 42.7 Å². The average Bonchev–Trinajstić information content (AvgIpc) is 2.78. The first-order valence-corrected chi connectivity index (χ1v) is 6.89. The lowest BCUT2D eigenvalue weighted by atomic mass is 9.89. The van der Waals surface area contributed by atoms with E-state index < -0.39 is 0 Å². The van der Waals surface area contributed by atoms with Gasteiger partial charge in [-0.3, -0.25) is 4.99 Å². The van der Waals surface area contributed by atoms with Gasteiger partial charge in [-0.2, -0.15) is 0 Å². The van der Waals surface area contributed by atoms with Crippen molar-refractivity contribution in [2.45, 2.75) is 38.0 Å². The Morgan fingerprint density at radius 3 is 3.11 bits per heavy atom. The number of hydrogen-bond acceptors (Lipinski definition) is 2. The van der Waals surface area contributed by atoms with E-state index in [1.54, 1.807) is 6.07 Å².